The summed E-state index contributed by atoms with van der Waals surface area (Å²) < 4.78 is 0.946. The van der Waals surface area contributed by atoms with E-state index in [1.807, 2.05) is 12.1 Å². The lowest BCUT2D eigenvalue weighted by Gasteiger charge is -2.25. The van der Waals surface area contributed by atoms with Gasteiger partial charge in [0, 0.05) is 16.6 Å². The molecule has 0 aromatic heterocycles. The van der Waals surface area contributed by atoms with E-state index in [0.717, 1.165) is 17.3 Å². The Balaban J connectivity index is 2.39. The van der Waals surface area contributed by atoms with E-state index in [9.17, 15) is 9.59 Å². The SMILES string of the molecule is CCC(C)(CC)CC(=O)CNC(=O)Nc1ccc(Br)cc1. The quantitative estimate of drug-likeness (QED) is 0.764. The van der Waals surface area contributed by atoms with Crippen molar-refractivity contribution in [3.05, 3.63) is 28.7 Å². The van der Waals surface area contributed by atoms with Gasteiger partial charge in [0.15, 0.2) is 5.78 Å². The highest BCUT2D eigenvalue weighted by atomic mass is 79.9. The molecule has 0 fully saturated rings. The maximum absolute atomic E-state index is 11.9. The average molecular weight is 355 g/mol. The Kier molecular flexibility index (Phi) is 6.89. The molecule has 0 spiro atoms. The minimum atomic E-state index is -0.361. The second kappa shape index (κ2) is 8.17. The number of Topliss-reactive ketones (excluding diaryl/α,β-unsaturated/α-hetero) is 1. The molecule has 0 aliphatic carbocycles. The Morgan fingerprint density at radius 3 is 2.24 bits per heavy atom. The summed E-state index contributed by atoms with van der Waals surface area (Å²) >= 11 is 3.33. The first-order valence-electron chi connectivity index (χ1n) is 7.20. The minimum Gasteiger partial charge on any atom is -0.331 e. The van der Waals surface area contributed by atoms with Crippen molar-refractivity contribution in [3.63, 3.8) is 0 Å². The molecule has 0 aliphatic rings. The fourth-order valence-corrected chi connectivity index (χ4v) is 2.19. The normalized spacial score (nSPS) is 11.0. The summed E-state index contributed by atoms with van der Waals surface area (Å²) in [6, 6.07) is 6.90. The van der Waals surface area contributed by atoms with Crippen molar-refractivity contribution in [2.75, 3.05) is 11.9 Å². The molecule has 0 heterocycles. The number of hydrogen-bond donors (Lipinski definition) is 2. The molecule has 1 aromatic rings. The number of carbonyl (C=O) groups excluding carboxylic acids is 2. The molecule has 5 heteroatoms. The Bertz CT molecular complexity index is 482. The van der Waals surface area contributed by atoms with Crippen LogP contribution in [0.2, 0.25) is 0 Å². The number of nitrogens with one attached hydrogen (secondary N) is 2. The Hall–Kier alpha value is -1.36. The first-order valence-corrected chi connectivity index (χ1v) is 8.00. The predicted molar refractivity (Wildman–Crippen MR) is 89.5 cm³/mol. The maximum Gasteiger partial charge on any atom is 0.319 e. The molecule has 1 rings (SSSR count). The Labute approximate surface area is 134 Å². The third-order valence-electron chi connectivity index (χ3n) is 3.88. The number of rotatable bonds is 7. The van der Waals surface area contributed by atoms with Crippen molar-refractivity contribution in [2.24, 2.45) is 5.41 Å². The molecule has 1 aromatic carbocycles. The van der Waals surface area contributed by atoms with Crippen LogP contribution in [0.15, 0.2) is 28.7 Å². The van der Waals surface area contributed by atoms with Crippen LogP contribution >= 0.6 is 15.9 Å². The Morgan fingerprint density at radius 1 is 1.14 bits per heavy atom. The first kappa shape index (κ1) is 17.7. The van der Waals surface area contributed by atoms with Crippen LogP contribution < -0.4 is 10.6 Å². The molecule has 0 saturated carbocycles. The van der Waals surface area contributed by atoms with Crippen molar-refractivity contribution in [1.82, 2.24) is 5.32 Å². The molecular weight excluding hydrogens is 332 g/mol. The Morgan fingerprint density at radius 2 is 1.71 bits per heavy atom. The fourth-order valence-electron chi connectivity index (χ4n) is 1.93. The third kappa shape index (κ3) is 6.29. The zero-order valence-corrected chi connectivity index (χ0v) is 14.4. The van der Waals surface area contributed by atoms with Gasteiger partial charge in [0.05, 0.1) is 6.54 Å². The second-order valence-electron chi connectivity index (χ2n) is 5.55. The van der Waals surface area contributed by atoms with E-state index in [0.29, 0.717) is 12.1 Å². The zero-order valence-electron chi connectivity index (χ0n) is 12.8. The first-order chi connectivity index (χ1) is 9.88. The van der Waals surface area contributed by atoms with E-state index < -0.39 is 0 Å². The van der Waals surface area contributed by atoms with E-state index in [4.69, 9.17) is 0 Å². The van der Waals surface area contributed by atoms with Crippen LogP contribution in [0.25, 0.3) is 0 Å². The molecule has 21 heavy (non-hydrogen) atoms. The number of urea groups is 1. The summed E-state index contributed by atoms with van der Waals surface area (Å²) in [6.07, 6.45) is 2.42. The van der Waals surface area contributed by atoms with E-state index in [1.54, 1.807) is 12.1 Å². The molecular formula is C16H23BrN2O2. The van der Waals surface area contributed by atoms with Crippen molar-refractivity contribution in [3.8, 4) is 0 Å². The molecule has 0 radical (unpaired) electrons. The molecule has 0 aliphatic heterocycles. The van der Waals surface area contributed by atoms with Crippen molar-refractivity contribution in [2.45, 2.75) is 40.0 Å². The van der Waals surface area contributed by atoms with Gasteiger partial charge in [0.2, 0.25) is 0 Å². The van der Waals surface area contributed by atoms with Gasteiger partial charge in [0.25, 0.3) is 0 Å². The van der Waals surface area contributed by atoms with Crippen molar-refractivity contribution in [1.29, 1.82) is 0 Å². The fraction of sp³-hybridized carbons (Fsp3) is 0.500. The molecule has 0 saturated heterocycles. The standard InChI is InChI=1S/C16H23BrN2O2/c1-4-16(3,5-2)10-14(20)11-18-15(21)19-13-8-6-12(17)7-9-13/h6-9H,4-5,10-11H2,1-3H3,(H2,18,19,21). The molecule has 0 bridgehead atoms. The van der Waals surface area contributed by atoms with Gasteiger partial charge in [0.1, 0.15) is 0 Å². The molecule has 2 amide bonds. The molecule has 2 N–H and O–H groups in total. The number of ketones is 1. The zero-order chi connectivity index (χ0) is 15.9. The number of anilines is 1. The van der Waals surface area contributed by atoms with Crippen LogP contribution in [-0.4, -0.2) is 18.4 Å². The van der Waals surface area contributed by atoms with Gasteiger partial charge < -0.3 is 10.6 Å². The molecule has 0 unspecified atom stereocenters. The van der Waals surface area contributed by atoms with E-state index in [1.165, 1.54) is 0 Å². The maximum atomic E-state index is 11.9. The predicted octanol–water partition coefficient (Wildman–Crippen LogP) is 4.36. The minimum absolute atomic E-state index is 0.0287. The molecule has 0 atom stereocenters. The summed E-state index contributed by atoms with van der Waals surface area (Å²) in [5, 5.41) is 5.30. The lowest BCUT2D eigenvalue weighted by atomic mass is 9.80. The summed E-state index contributed by atoms with van der Waals surface area (Å²) in [6.45, 7) is 6.35. The number of carbonyl (C=O) groups is 2. The van der Waals surface area contributed by atoms with E-state index >= 15 is 0 Å². The van der Waals surface area contributed by atoms with Gasteiger partial charge in [-0.1, -0.05) is 49.5 Å². The van der Waals surface area contributed by atoms with E-state index in [-0.39, 0.29) is 23.8 Å². The topological polar surface area (TPSA) is 58.2 Å². The summed E-state index contributed by atoms with van der Waals surface area (Å²) in [5.41, 5.74) is 0.719. The number of hydrogen-bond acceptors (Lipinski definition) is 2. The van der Waals surface area contributed by atoms with Gasteiger partial charge in [-0.15, -0.1) is 0 Å². The summed E-state index contributed by atoms with van der Waals surface area (Å²) in [7, 11) is 0. The van der Waals surface area contributed by atoms with E-state index in [2.05, 4.69) is 47.3 Å². The summed E-state index contributed by atoms with van der Waals surface area (Å²) in [5.74, 6) is 0.0622. The highest BCUT2D eigenvalue weighted by Crippen LogP contribution is 2.29. The van der Waals surface area contributed by atoms with Crippen LogP contribution in [-0.2, 0) is 4.79 Å². The summed E-state index contributed by atoms with van der Waals surface area (Å²) in [4.78, 5) is 23.6. The third-order valence-corrected chi connectivity index (χ3v) is 4.41. The molecule has 4 nitrogen and oxygen atoms in total. The van der Waals surface area contributed by atoms with Crippen molar-refractivity contribution < 1.29 is 9.59 Å². The van der Waals surface area contributed by atoms with Crippen LogP contribution in [0, 0.1) is 5.41 Å². The monoisotopic (exact) mass is 354 g/mol. The van der Waals surface area contributed by atoms with Crippen molar-refractivity contribution >= 4 is 33.4 Å². The smallest absolute Gasteiger partial charge is 0.319 e. The highest BCUT2D eigenvalue weighted by Gasteiger charge is 2.23. The highest BCUT2D eigenvalue weighted by molar-refractivity contribution is 9.10. The molecule has 116 valence electrons. The van der Waals surface area contributed by atoms with Crippen LogP contribution in [0.5, 0.6) is 0 Å². The largest absolute Gasteiger partial charge is 0.331 e. The lowest BCUT2D eigenvalue weighted by molar-refractivity contribution is -0.120. The van der Waals surface area contributed by atoms with Crippen LogP contribution in [0.3, 0.4) is 0 Å². The lowest BCUT2D eigenvalue weighted by Crippen LogP contribution is -2.35. The number of halogens is 1. The number of amides is 2. The number of benzene rings is 1. The van der Waals surface area contributed by atoms with Gasteiger partial charge >= 0.3 is 6.03 Å². The average Bonchev–Trinajstić information content (AvgIpc) is 2.47. The van der Waals surface area contributed by atoms with Gasteiger partial charge in [-0.3, -0.25) is 4.79 Å². The van der Waals surface area contributed by atoms with Gasteiger partial charge in [-0.2, -0.15) is 0 Å². The second-order valence-corrected chi connectivity index (χ2v) is 6.46. The van der Waals surface area contributed by atoms with Gasteiger partial charge in [-0.25, -0.2) is 4.79 Å². The van der Waals surface area contributed by atoms with Crippen LogP contribution in [0.1, 0.15) is 40.0 Å². The van der Waals surface area contributed by atoms with Crippen LogP contribution in [0.4, 0.5) is 10.5 Å². The van der Waals surface area contributed by atoms with Gasteiger partial charge in [-0.05, 0) is 29.7 Å².